The minimum Gasteiger partial charge on any atom is -0.496 e. The molecule has 3 N–H and O–H groups in total. The summed E-state index contributed by atoms with van der Waals surface area (Å²) in [5, 5.41) is 9.49. The minimum atomic E-state index is -0.190. The van der Waals surface area contributed by atoms with E-state index in [1.54, 1.807) is 20.2 Å². The van der Waals surface area contributed by atoms with Crippen LogP contribution in [0.2, 0.25) is 0 Å². The first-order chi connectivity index (χ1) is 13.5. The third-order valence-electron chi connectivity index (χ3n) is 4.43. The second kappa shape index (κ2) is 12.4. The normalized spacial score (nSPS) is 12.0. The summed E-state index contributed by atoms with van der Waals surface area (Å²) in [5.74, 6) is 1.72. The topological polar surface area (TPSA) is 87.9 Å². The van der Waals surface area contributed by atoms with Crippen LogP contribution < -0.4 is 20.7 Å². The number of hydrogen-bond acceptors (Lipinski definition) is 4. The Bertz CT molecular complexity index is 820. The van der Waals surface area contributed by atoms with Crippen molar-refractivity contribution in [1.82, 2.24) is 16.0 Å². The van der Waals surface area contributed by atoms with Gasteiger partial charge in [0, 0.05) is 31.3 Å². The van der Waals surface area contributed by atoms with E-state index in [1.165, 1.54) is 11.8 Å². The number of ether oxygens (including phenoxy) is 1. The molecule has 0 fully saturated rings. The number of methoxy groups -OCH3 is 1. The maximum Gasteiger partial charge on any atom is 0.287 e. The van der Waals surface area contributed by atoms with Crippen LogP contribution in [0.1, 0.15) is 46.6 Å². The third-order valence-corrected chi connectivity index (χ3v) is 4.43. The van der Waals surface area contributed by atoms with E-state index in [9.17, 15) is 4.79 Å². The van der Waals surface area contributed by atoms with Crippen LogP contribution >= 0.6 is 24.0 Å². The van der Waals surface area contributed by atoms with Gasteiger partial charge in [-0.05, 0) is 39.3 Å². The van der Waals surface area contributed by atoms with Gasteiger partial charge in [-0.1, -0.05) is 17.7 Å². The number of carbonyl (C=O) groups excluding carboxylic acids is 1. The molecule has 0 aliphatic rings. The van der Waals surface area contributed by atoms with Gasteiger partial charge in [-0.25, -0.2) is 0 Å². The standard InChI is InChI=1S/C21H30N4O3.HI/c1-14-7-8-18(27-5)17(13-14)16(3)25-21(22-4)24-11-6-10-23-20(26)19-15(2)9-12-28-19;/h7-9,12-13,16H,6,10-11H2,1-5H3,(H,23,26)(H2,22,24,25);1H. The predicted molar refractivity (Wildman–Crippen MR) is 126 cm³/mol. The Morgan fingerprint density at radius 2 is 1.93 bits per heavy atom. The Hall–Kier alpha value is -2.23. The molecule has 1 heterocycles. The van der Waals surface area contributed by atoms with E-state index in [4.69, 9.17) is 9.15 Å². The summed E-state index contributed by atoms with van der Waals surface area (Å²) in [4.78, 5) is 16.3. The molecule has 7 nitrogen and oxygen atoms in total. The molecule has 8 heteroatoms. The Labute approximate surface area is 189 Å². The maximum atomic E-state index is 12.0. The molecular formula is C21H31IN4O3. The van der Waals surface area contributed by atoms with Gasteiger partial charge in [-0.2, -0.15) is 0 Å². The zero-order valence-electron chi connectivity index (χ0n) is 17.7. The number of hydrogen-bond donors (Lipinski definition) is 3. The average molecular weight is 514 g/mol. The molecule has 2 rings (SSSR count). The number of carbonyl (C=O) groups is 1. The van der Waals surface area contributed by atoms with Crippen LogP contribution in [-0.2, 0) is 0 Å². The zero-order chi connectivity index (χ0) is 20.5. The number of nitrogens with one attached hydrogen (secondary N) is 3. The van der Waals surface area contributed by atoms with Gasteiger partial charge in [-0.3, -0.25) is 9.79 Å². The quantitative estimate of drug-likeness (QED) is 0.217. The van der Waals surface area contributed by atoms with Crippen LogP contribution in [0.25, 0.3) is 0 Å². The van der Waals surface area contributed by atoms with Crippen LogP contribution in [0.15, 0.2) is 39.9 Å². The van der Waals surface area contributed by atoms with Crippen molar-refractivity contribution in [3.8, 4) is 5.75 Å². The molecule has 0 saturated heterocycles. The lowest BCUT2D eigenvalue weighted by molar-refractivity contribution is 0.0925. The zero-order valence-corrected chi connectivity index (χ0v) is 20.0. The number of aryl methyl sites for hydroxylation is 2. The minimum absolute atomic E-state index is 0. The van der Waals surface area contributed by atoms with Gasteiger partial charge in [0.2, 0.25) is 0 Å². The van der Waals surface area contributed by atoms with Gasteiger partial charge in [0.25, 0.3) is 5.91 Å². The summed E-state index contributed by atoms with van der Waals surface area (Å²) in [6.45, 7) is 7.19. The lowest BCUT2D eigenvalue weighted by Crippen LogP contribution is -2.40. The fourth-order valence-corrected chi connectivity index (χ4v) is 2.85. The van der Waals surface area contributed by atoms with Crippen molar-refractivity contribution in [2.45, 2.75) is 33.2 Å². The molecule has 1 amide bonds. The fraction of sp³-hybridized carbons (Fsp3) is 0.429. The number of aliphatic imine (C=N–C) groups is 1. The molecule has 1 unspecified atom stereocenters. The predicted octanol–water partition coefficient (Wildman–Crippen LogP) is 3.57. The summed E-state index contributed by atoms with van der Waals surface area (Å²) in [6.07, 6.45) is 2.28. The molecular weight excluding hydrogens is 483 g/mol. The molecule has 0 aliphatic heterocycles. The SMILES string of the molecule is CN=C(NCCCNC(=O)c1occc1C)NC(C)c1cc(C)ccc1OC.I. The largest absolute Gasteiger partial charge is 0.496 e. The monoisotopic (exact) mass is 514 g/mol. The Kier molecular flexibility index (Phi) is 10.6. The lowest BCUT2D eigenvalue weighted by Gasteiger charge is -2.20. The second-order valence-electron chi connectivity index (χ2n) is 6.65. The highest BCUT2D eigenvalue weighted by Gasteiger charge is 2.14. The molecule has 160 valence electrons. The van der Waals surface area contributed by atoms with Crippen molar-refractivity contribution in [1.29, 1.82) is 0 Å². The number of nitrogens with zero attached hydrogens (tertiary/aromatic N) is 1. The van der Waals surface area contributed by atoms with Gasteiger partial charge < -0.3 is 25.1 Å². The molecule has 1 aromatic carbocycles. The van der Waals surface area contributed by atoms with Gasteiger partial charge in [0.05, 0.1) is 19.4 Å². The molecule has 0 saturated carbocycles. The van der Waals surface area contributed by atoms with Crippen molar-refractivity contribution < 1.29 is 13.9 Å². The van der Waals surface area contributed by atoms with Gasteiger partial charge in [0.15, 0.2) is 11.7 Å². The number of guanidine groups is 1. The van der Waals surface area contributed by atoms with Crippen LogP contribution in [0.3, 0.4) is 0 Å². The molecule has 2 aromatic rings. The molecule has 0 spiro atoms. The fourth-order valence-electron chi connectivity index (χ4n) is 2.85. The van der Waals surface area contributed by atoms with Crippen LogP contribution in [0.5, 0.6) is 5.75 Å². The Morgan fingerprint density at radius 3 is 2.55 bits per heavy atom. The van der Waals surface area contributed by atoms with Crippen molar-refractivity contribution in [2.75, 3.05) is 27.2 Å². The summed E-state index contributed by atoms with van der Waals surface area (Å²) >= 11 is 0. The summed E-state index contributed by atoms with van der Waals surface area (Å²) in [7, 11) is 3.41. The summed E-state index contributed by atoms with van der Waals surface area (Å²) < 4.78 is 10.6. The van der Waals surface area contributed by atoms with Gasteiger partial charge >= 0.3 is 0 Å². The van der Waals surface area contributed by atoms with Crippen molar-refractivity contribution in [2.24, 2.45) is 4.99 Å². The number of halogens is 1. The molecule has 1 aromatic heterocycles. The first-order valence-corrected chi connectivity index (χ1v) is 9.40. The Balaban J connectivity index is 0.00000420. The van der Waals surface area contributed by atoms with E-state index in [-0.39, 0.29) is 35.9 Å². The van der Waals surface area contributed by atoms with Crippen molar-refractivity contribution in [3.05, 3.63) is 53.0 Å². The molecule has 0 aliphatic carbocycles. The smallest absolute Gasteiger partial charge is 0.287 e. The number of rotatable bonds is 8. The van der Waals surface area contributed by atoms with E-state index in [0.29, 0.717) is 24.8 Å². The van der Waals surface area contributed by atoms with Crippen LogP contribution in [-0.4, -0.2) is 39.1 Å². The van der Waals surface area contributed by atoms with Gasteiger partial charge in [0.1, 0.15) is 5.75 Å². The van der Waals surface area contributed by atoms with Crippen molar-refractivity contribution >= 4 is 35.8 Å². The number of benzene rings is 1. The van der Waals surface area contributed by atoms with E-state index >= 15 is 0 Å². The molecule has 0 radical (unpaired) electrons. The van der Waals surface area contributed by atoms with E-state index < -0.39 is 0 Å². The summed E-state index contributed by atoms with van der Waals surface area (Å²) in [5.41, 5.74) is 3.09. The first-order valence-electron chi connectivity index (χ1n) is 9.40. The van der Waals surface area contributed by atoms with E-state index in [1.807, 2.05) is 19.1 Å². The highest BCUT2D eigenvalue weighted by molar-refractivity contribution is 14.0. The third kappa shape index (κ3) is 7.26. The first kappa shape index (κ1) is 24.8. The number of furan rings is 1. The molecule has 0 bridgehead atoms. The lowest BCUT2D eigenvalue weighted by atomic mass is 10.0. The molecule has 1 atom stereocenters. The number of amides is 1. The van der Waals surface area contributed by atoms with Crippen LogP contribution in [0.4, 0.5) is 0 Å². The van der Waals surface area contributed by atoms with Crippen molar-refractivity contribution in [3.63, 3.8) is 0 Å². The second-order valence-corrected chi connectivity index (χ2v) is 6.65. The molecule has 29 heavy (non-hydrogen) atoms. The van der Waals surface area contributed by atoms with Crippen LogP contribution in [0, 0.1) is 13.8 Å². The Morgan fingerprint density at radius 1 is 1.21 bits per heavy atom. The highest BCUT2D eigenvalue weighted by atomic mass is 127. The maximum absolute atomic E-state index is 12.0. The van der Waals surface area contributed by atoms with E-state index in [0.717, 1.165) is 23.3 Å². The average Bonchev–Trinajstić information content (AvgIpc) is 3.12. The van der Waals surface area contributed by atoms with Gasteiger partial charge in [-0.15, -0.1) is 24.0 Å². The highest BCUT2D eigenvalue weighted by Crippen LogP contribution is 2.25. The van der Waals surface area contributed by atoms with E-state index in [2.05, 4.69) is 40.9 Å². The summed E-state index contributed by atoms with van der Waals surface area (Å²) in [6, 6.07) is 7.91.